The maximum absolute atomic E-state index is 6.03. The maximum atomic E-state index is 6.03. The molecule has 0 spiro atoms. The van der Waals surface area contributed by atoms with Crippen molar-refractivity contribution >= 4 is 28.2 Å². The Kier molecular flexibility index (Phi) is 3.50. The van der Waals surface area contributed by atoms with Crippen molar-refractivity contribution in [1.29, 1.82) is 0 Å². The van der Waals surface area contributed by atoms with E-state index in [4.69, 9.17) is 10.7 Å². The predicted octanol–water partition coefficient (Wildman–Crippen LogP) is 4.62. The summed E-state index contributed by atoms with van der Waals surface area (Å²) < 4.78 is 0. The zero-order valence-corrected chi connectivity index (χ0v) is 14.3. The average molecular weight is 332 g/mol. The van der Waals surface area contributed by atoms with Gasteiger partial charge in [0.25, 0.3) is 0 Å². The number of fused-ring (bicyclic) bond motifs is 1. The van der Waals surface area contributed by atoms with Crippen LogP contribution in [0, 0.1) is 13.8 Å². The van der Waals surface area contributed by atoms with E-state index in [1.165, 1.54) is 16.8 Å². The Morgan fingerprint density at radius 2 is 1.75 bits per heavy atom. The van der Waals surface area contributed by atoms with Gasteiger partial charge in [0.15, 0.2) is 5.65 Å². The fourth-order valence-corrected chi connectivity index (χ4v) is 3.58. The van der Waals surface area contributed by atoms with Crippen molar-refractivity contribution in [1.82, 2.24) is 15.0 Å². The lowest BCUT2D eigenvalue weighted by Gasteiger charge is -2.10. The highest BCUT2D eigenvalue weighted by atomic mass is 32.1. The van der Waals surface area contributed by atoms with E-state index < -0.39 is 0 Å². The molecule has 4 rings (SSSR count). The van der Waals surface area contributed by atoms with Gasteiger partial charge in [-0.1, -0.05) is 29.8 Å². The van der Waals surface area contributed by atoms with E-state index in [9.17, 15) is 0 Å². The number of nitrogens with two attached hydrogens (primary N) is 1. The molecule has 0 saturated carbocycles. The number of aromatic nitrogens is 3. The Hall–Kier alpha value is -2.79. The summed E-state index contributed by atoms with van der Waals surface area (Å²) in [6.07, 6.45) is 1.46. The van der Waals surface area contributed by atoms with E-state index in [2.05, 4.69) is 60.2 Å². The highest BCUT2D eigenvalue weighted by molar-refractivity contribution is 7.15. The summed E-state index contributed by atoms with van der Waals surface area (Å²) in [6, 6.07) is 14.7. The molecule has 5 heteroatoms. The third-order valence-corrected chi connectivity index (χ3v) is 5.00. The van der Waals surface area contributed by atoms with Crippen molar-refractivity contribution in [2.75, 3.05) is 5.73 Å². The second kappa shape index (κ2) is 5.69. The van der Waals surface area contributed by atoms with Gasteiger partial charge in [-0.25, -0.2) is 15.0 Å². The summed E-state index contributed by atoms with van der Waals surface area (Å²) in [6.45, 7) is 4.18. The minimum atomic E-state index is 0.453. The number of hydrogen-bond acceptors (Lipinski definition) is 5. The van der Waals surface area contributed by atoms with E-state index in [-0.39, 0.29) is 0 Å². The molecule has 3 heterocycles. The van der Waals surface area contributed by atoms with Gasteiger partial charge in [0.05, 0.1) is 16.0 Å². The summed E-state index contributed by atoms with van der Waals surface area (Å²) >= 11 is 1.73. The minimum Gasteiger partial charge on any atom is -0.383 e. The Morgan fingerprint density at radius 3 is 2.46 bits per heavy atom. The maximum Gasteiger partial charge on any atom is 0.165 e. The fourth-order valence-electron chi connectivity index (χ4n) is 2.71. The number of nitrogen functional groups attached to an aromatic ring is 1. The van der Waals surface area contributed by atoms with Crippen LogP contribution >= 0.6 is 11.3 Å². The molecule has 0 atom stereocenters. The first-order valence-corrected chi connectivity index (χ1v) is 8.48. The van der Waals surface area contributed by atoms with Crippen molar-refractivity contribution < 1.29 is 0 Å². The van der Waals surface area contributed by atoms with E-state index in [1.807, 2.05) is 6.07 Å². The van der Waals surface area contributed by atoms with Crippen molar-refractivity contribution in [3.8, 4) is 21.7 Å². The van der Waals surface area contributed by atoms with Crippen LogP contribution in [0.3, 0.4) is 0 Å². The molecule has 2 N–H and O–H groups in total. The van der Waals surface area contributed by atoms with Crippen molar-refractivity contribution in [2.45, 2.75) is 13.8 Å². The zero-order valence-electron chi connectivity index (χ0n) is 13.4. The smallest absolute Gasteiger partial charge is 0.165 e. The zero-order chi connectivity index (χ0) is 16.7. The standard InChI is InChI=1S/C19H16N4S/c1-11-3-6-13(7-4-11)14-9-15-18(20)21-10-22-19(15)23-17(14)16-8-5-12(2)24-16/h3-10H,1-2H3,(H2,20,21,22,23). The molecule has 0 amide bonds. The molecule has 0 aliphatic heterocycles. The van der Waals surface area contributed by atoms with Crippen LogP contribution in [-0.4, -0.2) is 15.0 Å². The van der Waals surface area contributed by atoms with Crippen LogP contribution in [0.25, 0.3) is 32.7 Å². The molecule has 0 saturated heterocycles. The van der Waals surface area contributed by atoms with Crippen molar-refractivity contribution in [3.63, 3.8) is 0 Å². The minimum absolute atomic E-state index is 0.453. The molecule has 24 heavy (non-hydrogen) atoms. The van der Waals surface area contributed by atoms with Gasteiger partial charge >= 0.3 is 0 Å². The number of pyridine rings is 1. The van der Waals surface area contributed by atoms with Crippen LogP contribution < -0.4 is 5.73 Å². The second-order valence-electron chi connectivity index (χ2n) is 5.79. The van der Waals surface area contributed by atoms with Gasteiger partial charge in [0, 0.05) is 10.4 Å². The molecule has 3 aromatic heterocycles. The molecule has 0 radical (unpaired) electrons. The van der Waals surface area contributed by atoms with Gasteiger partial charge in [0.2, 0.25) is 0 Å². The number of thiophene rings is 1. The third kappa shape index (κ3) is 2.53. The topological polar surface area (TPSA) is 64.7 Å². The Labute approximate surface area is 144 Å². The third-order valence-electron chi connectivity index (χ3n) is 3.99. The van der Waals surface area contributed by atoms with Crippen molar-refractivity contribution in [3.05, 3.63) is 59.2 Å². The fraction of sp³-hybridized carbons (Fsp3) is 0.105. The van der Waals surface area contributed by atoms with Crippen LogP contribution in [0.15, 0.2) is 48.8 Å². The lowest BCUT2D eigenvalue weighted by atomic mass is 10.0. The second-order valence-corrected chi connectivity index (χ2v) is 7.08. The van der Waals surface area contributed by atoms with Gasteiger partial charge in [0.1, 0.15) is 12.1 Å². The highest BCUT2D eigenvalue weighted by Gasteiger charge is 2.15. The van der Waals surface area contributed by atoms with Crippen LogP contribution in [0.5, 0.6) is 0 Å². The quantitative estimate of drug-likeness (QED) is 0.582. The first-order chi connectivity index (χ1) is 11.6. The van der Waals surface area contributed by atoms with Crippen LogP contribution in [-0.2, 0) is 0 Å². The molecule has 4 aromatic rings. The van der Waals surface area contributed by atoms with Crippen molar-refractivity contribution in [2.24, 2.45) is 0 Å². The summed E-state index contributed by atoms with van der Waals surface area (Å²) in [5.41, 5.74) is 11.0. The van der Waals surface area contributed by atoms with E-state index in [0.29, 0.717) is 11.5 Å². The average Bonchev–Trinajstić information content (AvgIpc) is 3.01. The molecule has 0 aliphatic rings. The predicted molar refractivity (Wildman–Crippen MR) is 100.0 cm³/mol. The van der Waals surface area contributed by atoms with Crippen LogP contribution in [0.1, 0.15) is 10.4 Å². The van der Waals surface area contributed by atoms with Crippen LogP contribution in [0.4, 0.5) is 5.82 Å². The number of anilines is 1. The monoisotopic (exact) mass is 332 g/mol. The van der Waals surface area contributed by atoms with Gasteiger partial charge < -0.3 is 5.73 Å². The number of hydrogen-bond donors (Lipinski definition) is 1. The molecule has 0 unspecified atom stereocenters. The highest BCUT2D eigenvalue weighted by Crippen LogP contribution is 2.37. The normalized spacial score (nSPS) is 11.1. The number of nitrogens with zero attached hydrogens (tertiary/aromatic N) is 3. The summed E-state index contributed by atoms with van der Waals surface area (Å²) in [5.74, 6) is 0.453. The lowest BCUT2D eigenvalue weighted by molar-refractivity contribution is 1.19. The van der Waals surface area contributed by atoms with E-state index in [0.717, 1.165) is 27.1 Å². The molecule has 0 bridgehead atoms. The summed E-state index contributed by atoms with van der Waals surface area (Å²) in [7, 11) is 0. The molecular formula is C19H16N4S. The first-order valence-electron chi connectivity index (χ1n) is 7.67. The van der Waals surface area contributed by atoms with Gasteiger partial charge in [-0.2, -0.15) is 0 Å². The largest absolute Gasteiger partial charge is 0.383 e. The summed E-state index contributed by atoms with van der Waals surface area (Å²) in [4.78, 5) is 15.6. The van der Waals surface area contributed by atoms with Gasteiger partial charge in [-0.3, -0.25) is 0 Å². The molecule has 1 aromatic carbocycles. The SMILES string of the molecule is Cc1ccc(-c2cc3c(N)ncnc3nc2-c2ccc(C)s2)cc1. The number of benzene rings is 1. The summed E-state index contributed by atoms with van der Waals surface area (Å²) in [5, 5.41) is 0.783. The molecule has 0 aliphatic carbocycles. The first kappa shape index (κ1) is 14.8. The van der Waals surface area contributed by atoms with E-state index >= 15 is 0 Å². The Morgan fingerprint density at radius 1 is 0.958 bits per heavy atom. The Bertz CT molecular complexity index is 1040. The van der Waals surface area contributed by atoms with Crippen LogP contribution in [0.2, 0.25) is 0 Å². The molecule has 118 valence electrons. The number of rotatable bonds is 2. The molecule has 4 nitrogen and oxygen atoms in total. The van der Waals surface area contributed by atoms with Gasteiger partial charge in [-0.15, -0.1) is 11.3 Å². The molecular weight excluding hydrogens is 316 g/mol. The number of aryl methyl sites for hydroxylation is 2. The lowest BCUT2D eigenvalue weighted by Crippen LogP contribution is -1.97. The van der Waals surface area contributed by atoms with Gasteiger partial charge in [-0.05, 0) is 37.6 Å². The van der Waals surface area contributed by atoms with E-state index in [1.54, 1.807) is 11.3 Å². The Balaban J connectivity index is 2.04. The molecule has 0 fully saturated rings.